The van der Waals surface area contributed by atoms with E-state index in [0.717, 1.165) is 6.42 Å². The smallest absolute Gasteiger partial charge is 0.160 e. The lowest BCUT2D eigenvalue weighted by Gasteiger charge is -2.35. The predicted molar refractivity (Wildman–Crippen MR) is 45.7 cm³/mol. The second kappa shape index (κ2) is 4.21. The maximum Gasteiger partial charge on any atom is 0.160 e. The Morgan fingerprint density at radius 1 is 1.50 bits per heavy atom. The third-order valence-corrected chi connectivity index (χ3v) is 2.12. The topological polar surface area (TPSA) is 38.7 Å². The molecule has 72 valence electrons. The summed E-state index contributed by atoms with van der Waals surface area (Å²) >= 11 is 0. The maximum absolute atomic E-state index is 9.42. The van der Waals surface area contributed by atoms with Gasteiger partial charge < -0.3 is 14.6 Å². The second-order valence-corrected chi connectivity index (χ2v) is 3.60. The zero-order chi connectivity index (χ0) is 9.14. The van der Waals surface area contributed by atoms with E-state index < -0.39 is 6.10 Å². The van der Waals surface area contributed by atoms with Gasteiger partial charge in [-0.15, -0.1) is 0 Å². The van der Waals surface area contributed by atoms with E-state index in [1.165, 1.54) is 0 Å². The van der Waals surface area contributed by atoms with Crippen LogP contribution in [0, 0.1) is 5.92 Å². The predicted octanol–water partition coefficient (Wildman–Crippen LogP) is 1.15. The molecule has 1 aliphatic rings. The molecule has 3 atom stereocenters. The van der Waals surface area contributed by atoms with Crippen molar-refractivity contribution in [3.05, 3.63) is 0 Å². The monoisotopic (exact) mass is 174 g/mol. The lowest BCUT2D eigenvalue weighted by Crippen LogP contribution is -2.45. The molecule has 12 heavy (non-hydrogen) atoms. The van der Waals surface area contributed by atoms with Crippen molar-refractivity contribution >= 4 is 0 Å². The van der Waals surface area contributed by atoms with E-state index in [0.29, 0.717) is 12.5 Å². The highest BCUT2D eigenvalue weighted by Crippen LogP contribution is 2.20. The highest BCUT2D eigenvalue weighted by Gasteiger charge is 2.30. The van der Waals surface area contributed by atoms with Crippen molar-refractivity contribution in [3.8, 4) is 0 Å². The normalized spacial score (nSPS) is 37.2. The summed E-state index contributed by atoms with van der Waals surface area (Å²) in [5.74, 6) is 0.353. The van der Waals surface area contributed by atoms with Crippen molar-refractivity contribution in [3.63, 3.8) is 0 Å². The van der Waals surface area contributed by atoms with Crippen LogP contribution in [-0.2, 0) is 9.47 Å². The third kappa shape index (κ3) is 2.19. The van der Waals surface area contributed by atoms with Crippen molar-refractivity contribution in [1.82, 2.24) is 0 Å². The summed E-state index contributed by atoms with van der Waals surface area (Å²) < 4.78 is 10.8. The number of rotatable bonds is 2. The molecule has 1 heterocycles. The number of aliphatic hydroxyl groups excluding tert-OH is 1. The van der Waals surface area contributed by atoms with Crippen molar-refractivity contribution in [2.75, 3.05) is 6.61 Å². The number of hydrogen-bond donors (Lipinski definition) is 1. The molecule has 0 aromatic heterocycles. The third-order valence-electron chi connectivity index (χ3n) is 2.12. The minimum atomic E-state index is -0.454. The van der Waals surface area contributed by atoms with E-state index in [-0.39, 0.29) is 12.4 Å². The lowest BCUT2D eigenvalue weighted by molar-refractivity contribution is -0.266. The van der Waals surface area contributed by atoms with Crippen molar-refractivity contribution in [2.45, 2.75) is 45.7 Å². The van der Waals surface area contributed by atoms with Crippen LogP contribution in [0.3, 0.4) is 0 Å². The van der Waals surface area contributed by atoms with Crippen LogP contribution in [0.1, 0.15) is 27.2 Å². The summed E-state index contributed by atoms with van der Waals surface area (Å²) in [5.41, 5.74) is 0. The van der Waals surface area contributed by atoms with Gasteiger partial charge >= 0.3 is 0 Å². The van der Waals surface area contributed by atoms with Crippen LogP contribution in [-0.4, -0.2) is 30.2 Å². The Balaban J connectivity index is 2.44. The summed E-state index contributed by atoms with van der Waals surface area (Å²) in [5, 5.41) is 9.42. The first kappa shape index (κ1) is 9.96. The average molecular weight is 174 g/mol. The van der Waals surface area contributed by atoms with E-state index in [2.05, 4.69) is 13.8 Å². The number of hydrogen-bond acceptors (Lipinski definition) is 3. The van der Waals surface area contributed by atoms with Crippen molar-refractivity contribution < 1.29 is 14.6 Å². The van der Waals surface area contributed by atoms with E-state index in [4.69, 9.17) is 9.47 Å². The zero-order valence-corrected chi connectivity index (χ0v) is 7.99. The Kier molecular flexibility index (Phi) is 3.50. The standard InChI is InChI=1S/C9H18O3/c1-4-8-7(10)5-11-9(12-8)6(2)3/h6-10H,4-5H2,1-3H3/t7-,8-,9+/m1/s1. The van der Waals surface area contributed by atoms with Crippen LogP contribution >= 0.6 is 0 Å². The first-order valence-corrected chi connectivity index (χ1v) is 4.60. The highest BCUT2D eigenvalue weighted by atomic mass is 16.7. The number of aliphatic hydroxyl groups is 1. The molecule has 0 aromatic carbocycles. The molecule has 1 N–H and O–H groups in total. The average Bonchev–Trinajstić information content (AvgIpc) is 2.05. The van der Waals surface area contributed by atoms with E-state index in [9.17, 15) is 5.11 Å². The molecule has 0 aliphatic carbocycles. The molecule has 1 rings (SSSR count). The minimum absolute atomic E-state index is 0.0499. The van der Waals surface area contributed by atoms with Gasteiger partial charge in [0.05, 0.1) is 12.7 Å². The summed E-state index contributed by atoms with van der Waals surface area (Å²) in [7, 11) is 0. The molecule has 1 fully saturated rings. The fourth-order valence-electron chi connectivity index (χ4n) is 1.32. The van der Waals surface area contributed by atoms with Crippen LogP contribution in [0.5, 0.6) is 0 Å². The Bertz CT molecular complexity index is 136. The molecule has 0 bridgehead atoms. The molecule has 0 saturated carbocycles. The summed E-state index contributed by atoms with van der Waals surface area (Å²) in [6.07, 6.45) is 0.197. The van der Waals surface area contributed by atoms with Gasteiger partial charge in [-0.3, -0.25) is 0 Å². The summed E-state index contributed by atoms with van der Waals surface area (Å²) in [4.78, 5) is 0. The molecule has 0 radical (unpaired) electrons. The quantitative estimate of drug-likeness (QED) is 0.682. The molecule has 3 nitrogen and oxygen atoms in total. The van der Waals surface area contributed by atoms with E-state index >= 15 is 0 Å². The van der Waals surface area contributed by atoms with Gasteiger partial charge in [0.2, 0.25) is 0 Å². The molecule has 0 aromatic rings. The molecule has 3 heteroatoms. The van der Waals surface area contributed by atoms with Crippen LogP contribution in [0.4, 0.5) is 0 Å². The highest BCUT2D eigenvalue weighted by molar-refractivity contribution is 4.73. The SMILES string of the molecule is CC[C@H]1O[C@@H](C(C)C)OC[C@H]1O. The fourth-order valence-corrected chi connectivity index (χ4v) is 1.32. The van der Waals surface area contributed by atoms with E-state index in [1.807, 2.05) is 6.92 Å². The lowest BCUT2D eigenvalue weighted by atomic mass is 10.1. The van der Waals surface area contributed by atoms with Crippen molar-refractivity contribution in [1.29, 1.82) is 0 Å². The Morgan fingerprint density at radius 3 is 2.67 bits per heavy atom. The second-order valence-electron chi connectivity index (χ2n) is 3.60. The van der Waals surface area contributed by atoms with Gasteiger partial charge in [0.15, 0.2) is 6.29 Å². The van der Waals surface area contributed by atoms with Gasteiger partial charge in [-0.2, -0.15) is 0 Å². The molecule has 0 amide bonds. The largest absolute Gasteiger partial charge is 0.388 e. The fraction of sp³-hybridized carbons (Fsp3) is 1.00. The molecule has 1 aliphatic heterocycles. The van der Waals surface area contributed by atoms with Crippen LogP contribution < -0.4 is 0 Å². The zero-order valence-electron chi connectivity index (χ0n) is 7.99. The van der Waals surface area contributed by atoms with Gasteiger partial charge in [-0.1, -0.05) is 20.8 Å². The van der Waals surface area contributed by atoms with Gasteiger partial charge in [-0.05, 0) is 6.42 Å². The number of ether oxygens (including phenoxy) is 2. The van der Waals surface area contributed by atoms with Crippen molar-refractivity contribution in [2.24, 2.45) is 5.92 Å². The first-order valence-electron chi connectivity index (χ1n) is 4.60. The minimum Gasteiger partial charge on any atom is -0.388 e. The van der Waals surface area contributed by atoms with Crippen LogP contribution in [0.15, 0.2) is 0 Å². The maximum atomic E-state index is 9.42. The molecule has 1 saturated heterocycles. The summed E-state index contributed by atoms with van der Waals surface area (Å²) in [6.45, 7) is 6.52. The van der Waals surface area contributed by atoms with Gasteiger partial charge in [0, 0.05) is 5.92 Å². The molecular formula is C9H18O3. The van der Waals surface area contributed by atoms with Crippen LogP contribution in [0.25, 0.3) is 0 Å². The first-order chi connectivity index (χ1) is 5.65. The Morgan fingerprint density at radius 2 is 2.17 bits per heavy atom. The van der Waals surface area contributed by atoms with Gasteiger partial charge in [-0.25, -0.2) is 0 Å². The molecular weight excluding hydrogens is 156 g/mol. The summed E-state index contributed by atoms with van der Waals surface area (Å²) in [6, 6.07) is 0. The molecule has 0 unspecified atom stereocenters. The molecule has 0 spiro atoms. The Hall–Kier alpha value is -0.120. The van der Waals surface area contributed by atoms with Crippen LogP contribution in [0.2, 0.25) is 0 Å². The Labute approximate surface area is 73.7 Å². The van der Waals surface area contributed by atoms with Gasteiger partial charge in [0.1, 0.15) is 6.10 Å². The van der Waals surface area contributed by atoms with Gasteiger partial charge in [0.25, 0.3) is 0 Å². The van der Waals surface area contributed by atoms with E-state index in [1.54, 1.807) is 0 Å².